The van der Waals surface area contributed by atoms with Gasteiger partial charge in [-0.2, -0.15) is 0 Å². The summed E-state index contributed by atoms with van der Waals surface area (Å²) in [6.07, 6.45) is 0.353. The van der Waals surface area contributed by atoms with E-state index in [1.807, 2.05) is 43.3 Å². The van der Waals surface area contributed by atoms with Gasteiger partial charge in [0.15, 0.2) is 0 Å². The van der Waals surface area contributed by atoms with Gasteiger partial charge in [-0.3, -0.25) is 4.52 Å². The maximum atomic E-state index is 12.3. The van der Waals surface area contributed by atoms with Crippen molar-refractivity contribution in [2.45, 2.75) is 19.4 Å². The van der Waals surface area contributed by atoms with Crippen LogP contribution >= 0.6 is 7.82 Å². The Morgan fingerprint density at radius 3 is 2.52 bits per heavy atom. The number of aryl methyl sites for hydroxylation is 1. The van der Waals surface area contributed by atoms with Gasteiger partial charge in [-0.05, 0) is 36.6 Å². The third-order valence-electron chi connectivity index (χ3n) is 3.65. The fraction of sp³-hybridized carbons (Fsp3) is 0.278. The maximum Gasteiger partial charge on any atom is 0.469 e. The van der Waals surface area contributed by atoms with Crippen LogP contribution in [0.5, 0.6) is 5.75 Å². The fourth-order valence-corrected chi connectivity index (χ4v) is 2.90. The summed E-state index contributed by atoms with van der Waals surface area (Å²) in [5.74, 6) is 0.607. The summed E-state index contributed by atoms with van der Waals surface area (Å²) in [6, 6.07) is 13.4. The van der Waals surface area contributed by atoms with Crippen molar-refractivity contribution >= 4 is 19.5 Å². The van der Waals surface area contributed by atoms with Crippen molar-refractivity contribution in [3.63, 3.8) is 0 Å². The number of carbonyl (C=O) groups excluding carboxylic acids is 1. The molecular formula is C18H23N2O6P. The molecule has 2 aromatic rings. The third kappa shape index (κ3) is 7.80. The summed E-state index contributed by atoms with van der Waals surface area (Å²) in [5, 5.41) is 5.38. The maximum absolute atomic E-state index is 12.3. The lowest BCUT2D eigenvalue weighted by atomic mass is 10.1. The Balaban J connectivity index is 2.05. The van der Waals surface area contributed by atoms with Crippen LogP contribution in [-0.2, 0) is 15.5 Å². The molecule has 27 heavy (non-hydrogen) atoms. The zero-order chi connectivity index (χ0) is 19.9. The zero-order valence-corrected chi connectivity index (χ0v) is 16.0. The first-order valence-corrected chi connectivity index (χ1v) is 9.75. The van der Waals surface area contributed by atoms with E-state index in [0.29, 0.717) is 17.9 Å². The van der Waals surface area contributed by atoms with Crippen LogP contribution in [0.3, 0.4) is 0 Å². The van der Waals surface area contributed by atoms with E-state index in [1.54, 1.807) is 12.1 Å². The number of anilines is 1. The van der Waals surface area contributed by atoms with Gasteiger partial charge in [-0.25, -0.2) is 9.36 Å². The van der Waals surface area contributed by atoms with Gasteiger partial charge >= 0.3 is 13.9 Å². The van der Waals surface area contributed by atoms with Gasteiger partial charge < -0.3 is 25.2 Å². The monoisotopic (exact) mass is 394 g/mol. The Kier molecular flexibility index (Phi) is 7.38. The van der Waals surface area contributed by atoms with E-state index in [4.69, 9.17) is 14.5 Å². The van der Waals surface area contributed by atoms with Crippen molar-refractivity contribution in [2.75, 3.05) is 19.0 Å². The molecule has 4 N–H and O–H groups in total. The van der Waals surface area contributed by atoms with Crippen molar-refractivity contribution in [3.8, 4) is 5.75 Å². The average molecular weight is 394 g/mol. The van der Waals surface area contributed by atoms with Crippen LogP contribution in [0.25, 0.3) is 0 Å². The Morgan fingerprint density at radius 1 is 1.19 bits per heavy atom. The summed E-state index contributed by atoms with van der Waals surface area (Å²) < 4.78 is 20.8. The van der Waals surface area contributed by atoms with Crippen molar-refractivity contribution in [1.29, 1.82) is 0 Å². The highest BCUT2D eigenvalue weighted by Crippen LogP contribution is 2.35. The Hall–Kier alpha value is -2.38. The van der Waals surface area contributed by atoms with Gasteiger partial charge in [0.05, 0.1) is 19.8 Å². The van der Waals surface area contributed by atoms with Crippen LogP contribution in [0.15, 0.2) is 48.5 Å². The minimum absolute atomic E-state index is 0.330. The number of amides is 2. The fourth-order valence-electron chi connectivity index (χ4n) is 2.53. The lowest BCUT2D eigenvalue weighted by Gasteiger charge is -2.20. The molecule has 0 heterocycles. The number of hydrogen-bond acceptors (Lipinski definition) is 4. The molecular weight excluding hydrogens is 371 g/mol. The molecule has 9 heteroatoms. The van der Waals surface area contributed by atoms with Gasteiger partial charge in [-0.15, -0.1) is 0 Å². The van der Waals surface area contributed by atoms with Crippen LogP contribution < -0.4 is 15.4 Å². The lowest BCUT2D eigenvalue weighted by molar-refractivity contribution is 0.176. The SMILES string of the molecule is COc1cc(C)cc(NC(=O)NC(COP(=O)(O)O)Cc2ccccc2)c1. The minimum Gasteiger partial charge on any atom is -0.497 e. The largest absolute Gasteiger partial charge is 0.497 e. The van der Waals surface area contributed by atoms with Gasteiger partial charge in [0.25, 0.3) is 0 Å². The molecule has 0 fully saturated rings. The average Bonchev–Trinajstić information content (AvgIpc) is 2.59. The molecule has 1 unspecified atom stereocenters. The molecule has 0 aliphatic heterocycles. The second kappa shape index (κ2) is 9.53. The molecule has 1 atom stereocenters. The molecule has 2 rings (SSSR count). The lowest BCUT2D eigenvalue weighted by Crippen LogP contribution is -2.42. The summed E-state index contributed by atoms with van der Waals surface area (Å²) in [5.41, 5.74) is 2.35. The second-order valence-electron chi connectivity index (χ2n) is 6.01. The van der Waals surface area contributed by atoms with Crippen molar-refractivity contribution < 1.29 is 28.4 Å². The molecule has 0 aliphatic carbocycles. The number of methoxy groups -OCH3 is 1. The van der Waals surface area contributed by atoms with Gasteiger partial charge in [0.2, 0.25) is 0 Å². The van der Waals surface area contributed by atoms with E-state index in [1.165, 1.54) is 7.11 Å². The van der Waals surface area contributed by atoms with E-state index >= 15 is 0 Å². The van der Waals surface area contributed by atoms with E-state index < -0.39 is 19.9 Å². The van der Waals surface area contributed by atoms with Crippen LogP contribution in [-0.4, -0.2) is 35.6 Å². The minimum atomic E-state index is -4.64. The van der Waals surface area contributed by atoms with Crippen LogP contribution in [0, 0.1) is 6.92 Å². The number of hydrogen-bond donors (Lipinski definition) is 4. The molecule has 0 spiro atoms. The predicted octanol–water partition coefficient (Wildman–Crippen LogP) is 2.85. The Bertz CT molecular complexity index is 809. The van der Waals surface area contributed by atoms with E-state index in [9.17, 15) is 9.36 Å². The summed E-state index contributed by atoms with van der Waals surface area (Å²) >= 11 is 0. The number of phosphoric acid groups is 1. The summed E-state index contributed by atoms with van der Waals surface area (Å²) in [4.78, 5) is 30.2. The van der Waals surface area contributed by atoms with Gasteiger partial charge in [0.1, 0.15) is 5.75 Å². The highest BCUT2D eigenvalue weighted by Gasteiger charge is 2.20. The molecule has 2 amide bonds. The van der Waals surface area contributed by atoms with Crippen LogP contribution in [0.4, 0.5) is 10.5 Å². The third-order valence-corrected chi connectivity index (χ3v) is 4.13. The molecule has 0 saturated carbocycles. The van der Waals surface area contributed by atoms with Crippen molar-refractivity contribution in [2.24, 2.45) is 0 Å². The smallest absolute Gasteiger partial charge is 0.469 e. The zero-order valence-electron chi connectivity index (χ0n) is 15.1. The first-order chi connectivity index (χ1) is 12.7. The molecule has 146 valence electrons. The molecule has 2 aromatic carbocycles. The van der Waals surface area contributed by atoms with Crippen LogP contribution in [0.2, 0.25) is 0 Å². The molecule has 0 aromatic heterocycles. The topological polar surface area (TPSA) is 117 Å². The van der Waals surface area contributed by atoms with E-state index in [0.717, 1.165) is 11.1 Å². The van der Waals surface area contributed by atoms with Gasteiger partial charge in [0, 0.05) is 11.8 Å². The first-order valence-electron chi connectivity index (χ1n) is 8.22. The molecule has 0 aliphatic rings. The molecule has 0 saturated heterocycles. The Morgan fingerprint density at radius 2 is 1.89 bits per heavy atom. The highest BCUT2D eigenvalue weighted by molar-refractivity contribution is 7.46. The number of phosphoric ester groups is 1. The summed E-state index contributed by atoms with van der Waals surface area (Å²) in [6.45, 7) is 1.54. The van der Waals surface area contributed by atoms with Crippen molar-refractivity contribution in [1.82, 2.24) is 5.32 Å². The number of urea groups is 1. The number of nitrogens with one attached hydrogen (secondary N) is 2. The number of carbonyl (C=O) groups is 1. The molecule has 8 nitrogen and oxygen atoms in total. The van der Waals surface area contributed by atoms with Crippen molar-refractivity contribution in [3.05, 3.63) is 59.7 Å². The number of ether oxygens (including phenoxy) is 1. The Labute approximate surface area is 157 Å². The normalized spacial score (nSPS) is 12.3. The molecule has 0 bridgehead atoms. The number of benzene rings is 2. The highest BCUT2D eigenvalue weighted by atomic mass is 31.2. The molecule has 0 radical (unpaired) electrons. The van der Waals surface area contributed by atoms with Crippen LogP contribution in [0.1, 0.15) is 11.1 Å². The predicted molar refractivity (Wildman–Crippen MR) is 102 cm³/mol. The standard InChI is InChI=1S/C18H23N2O6P/c1-13-8-15(11-17(9-13)25-2)19-18(21)20-16(12-26-27(22,23)24)10-14-6-4-3-5-7-14/h3-9,11,16H,10,12H2,1-2H3,(H2,19,20,21)(H2,22,23,24). The van der Waals surface area contributed by atoms with E-state index in [-0.39, 0.29) is 6.61 Å². The quantitative estimate of drug-likeness (QED) is 0.512. The van der Waals surface area contributed by atoms with Gasteiger partial charge in [-0.1, -0.05) is 30.3 Å². The first kappa shape index (κ1) is 20.9. The summed E-state index contributed by atoms with van der Waals surface area (Å²) in [7, 11) is -3.10. The van der Waals surface area contributed by atoms with E-state index in [2.05, 4.69) is 15.2 Å². The number of rotatable bonds is 8. The second-order valence-corrected chi connectivity index (χ2v) is 7.25.